The number of hydrogen-bond acceptors (Lipinski definition) is 5. The number of nitrogens with zero attached hydrogens (tertiary/aromatic N) is 3. The van der Waals surface area contributed by atoms with E-state index in [2.05, 4.69) is 56.0 Å². The second-order valence-electron chi connectivity index (χ2n) is 4.03. The predicted octanol–water partition coefficient (Wildman–Crippen LogP) is 4.03. The molecule has 3 rings (SSSR count). The molecule has 3 aromatic rings. The van der Waals surface area contributed by atoms with Crippen LogP contribution >= 0.6 is 34.4 Å². The maximum Gasteiger partial charge on any atom is 0.277 e. The molecule has 2 aromatic heterocycles. The van der Waals surface area contributed by atoms with E-state index < -0.39 is 0 Å². The first-order chi connectivity index (χ1) is 9.81. The summed E-state index contributed by atoms with van der Waals surface area (Å²) in [5, 5.41) is 8.68. The van der Waals surface area contributed by atoms with Crippen molar-refractivity contribution >= 4 is 34.4 Å². The molecule has 4 nitrogen and oxygen atoms in total. The van der Waals surface area contributed by atoms with E-state index in [0.717, 1.165) is 11.3 Å². The van der Waals surface area contributed by atoms with Gasteiger partial charge in [-0.2, -0.15) is 0 Å². The lowest BCUT2D eigenvalue weighted by Crippen LogP contribution is -1.81. The van der Waals surface area contributed by atoms with Gasteiger partial charge in [-0.15, -0.1) is 10.2 Å². The van der Waals surface area contributed by atoms with E-state index in [1.807, 2.05) is 18.2 Å². The molecule has 0 fully saturated rings. The SMILES string of the molecule is Ic1cccc(CSc2nnc(-c3ccncc3)o2)c1. The van der Waals surface area contributed by atoms with Crippen LogP contribution in [0.2, 0.25) is 0 Å². The van der Waals surface area contributed by atoms with E-state index in [9.17, 15) is 0 Å². The van der Waals surface area contributed by atoms with Crippen LogP contribution in [0, 0.1) is 3.57 Å². The summed E-state index contributed by atoms with van der Waals surface area (Å²) < 4.78 is 6.86. The summed E-state index contributed by atoms with van der Waals surface area (Å²) in [5.41, 5.74) is 2.12. The Morgan fingerprint density at radius 1 is 1.10 bits per heavy atom. The smallest absolute Gasteiger partial charge is 0.277 e. The molecule has 0 unspecified atom stereocenters. The molecule has 6 heteroatoms. The molecule has 0 radical (unpaired) electrons. The summed E-state index contributed by atoms with van der Waals surface area (Å²) in [5.74, 6) is 1.34. The van der Waals surface area contributed by atoms with E-state index in [0.29, 0.717) is 11.1 Å². The number of aromatic nitrogens is 3. The number of thioether (sulfide) groups is 1. The van der Waals surface area contributed by atoms with E-state index >= 15 is 0 Å². The van der Waals surface area contributed by atoms with E-state index in [4.69, 9.17) is 4.42 Å². The molecule has 100 valence electrons. The van der Waals surface area contributed by atoms with Crippen molar-refractivity contribution in [1.82, 2.24) is 15.2 Å². The minimum Gasteiger partial charge on any atom is -0.411 e. The fourth-order valence-electron chi connectivity index (χ4n) is 1.65. The fraction of sp³-hybridized carbons (Fsp3) is 0.0714. The molecule has 0 amide bonds. The number of hydrogen-bond donors (Lipinski definition) is 0. The fourth-order valence-corrected chi connectivity index (χ4v) is 2.96. The molecular weight excluding hydrogens is 385 g/mol. The van der Waals surface area contributed by atoms with Crippen LogP contribution in [-0.2, 0) is 5.75 Å². The van der Waals surface area contributed by atoms with Crippen LogP contribution in [0.25, 0.3) is 11.5 Å². The quantitative estimate of drug-likeness (QED) is 0.493. The maximum absolute atomic E-state index is 5.63. The molecule has 0 aliphatic rings. The molecule has 0 N–H and O–H groups in total. The van der Waals surface area contributed by atoms with Gasteiger partial charge in [-0.1, -0.05) is 23.9 Å². The molecule has 0 saturated carbocycles. The monoisotopic (exact) mass is 395 g/mol. The van der Waals surface area contributed by atoms with Gasteiger partial charge in [0.25, 0.3) is 5.22 Å². The number of benzene rings is 1. The first-order valence-electron chi connectivity index (χ1n) is 5.92. The molecule has 0 saturated heterocycles. The summed E-state index contributed by atoms with van der Waals surface area (Å²) >= 11 is 3.84. The molecule has 1 aromatic carbocycles. The molecule has 0 spiro atoms. The third-order valence-corrected chi connectivity index (χ3v) is 4.15. The zero-order valence-electron chi connectivity index (χ0n) is 10.4. The molecule has 20 heavy (non-hydrogen) atoms. The van der Waals surface area contributed by atoms with Crippen LogP contribution in [0.15, 0.2) is 58.4 Å². The maximum atomic E-state index is 5.63. The van der Waals surface area contributed by atoms with Gasteiger partial charge in [-0.25, -0.2) is 0 Å². The average Bonchev–Trinajstić information content (AvgIpc) is 2.95. The Morgan fingerprint density at radius 3 is 2.75 bits per heavy atom. The van der Waals surface area contributed by atoms with Crippen LogP contribution in [0.1, 0.15) is 5.56 Å². The Balaban J connectivity index is 1.69. The standard InChI is InChI=1S/C14H10IN3OS/c15-12-3-1-2-10(8-12)9-20-14-18-17-13(19-14)11-4-6-16-7-5-11/h1-8H,9H2. The lowest BCUT2D eigenvalue weighted by molar-refractivity contribution is 0.466. The highest BCUT2D eigenvalue weighted by atomic mass is 127. The van der Waals surface area contributed by atoms with Gasteiger partial charge >= 0.3 is 0 Å². The van der Waals surface area contributed by atoms with Crippen LogP contribution in [-0.4, -0.2) is 15.2 Å². The highest BCUT2D eigenvalue weighted by molar-refractivity contribution is 14.1. The zero-order valence-corrected chi connectivity index (χ0v) is 13.3. The Kier molecular flexibility index (Phi) is 4.31. The summed E-state index contributed by atoms with van der Waals surface area (Å²) in [7, 11) is 0. The molecule has 0 aliphatic heterocycles. The van der Waals surface area contributed by atoms with E-state index in [1.165, 1.54) is 20.9 Å². The normalized spacial score (nSPS) is 10.7. The second kappa shape index (κ2) is 6.36. The van der Waals surface area contributed by atoms with Crippen molar-refractivity contribution in [3.8, 4) is 11.5 Å². The van der Waals surface area contributed by atoms with Gasteiger partial charge in [0.15, 0.2) is 0 Å². The molecule has 0 atom stereocenters. The van der Waals surface area contributed by atoms with Crippen LogP contribution < -0.4 is 0 Å². The van der Waals surface area contributed by atoms with Crippen LogP contribution in [0.5, 0.6) is 0 Å². The van der Waals surface area contributed by atoms with Gasteiger partial charge in [0.1, 0.15) is 0 Å². The first kappa shape index (κ1) is 13.6. The Hall–Kier alpha value is -1.41. The highest BCUT2D eigenvalue weighted by Crippen LogP contribution is 2.25. The topological polar surface area (TPSA) is 51.8 Å². The first-order valence-corrected chi connectivity index (χ1v) is 7.99. The predicted molar refractivity (Wildman–Crippen MR) is 86.2 cm³/mol. The highest BCUT2D eigenvalue weighted by Gasteiger charge is 2.08. The van der Waals surface area contributed by atoms with Crippen molar-refractivity contribution in [2.24, 2.45) is 0 Å². The Bertz CT molecular complexity index is 702. The van der Waals surface area contributed by atoms with Crippen molar-refractivity contribution in [3.63, 3.8) is 0 Å². The molecular formula is C14H10IN3OS. The van der Waals surface area contributed by atoms with Crippen molar-refractivity contribution in [3.05, 3.63) is 57.9 Å². The lowest BCUT2D eigenvalue weighted by Gasteiger charge is -1.98. The second-order valence-corrected chi connectivity index (χ2v) is 6.20. The third-order valence-electron chi connectivity index (χ3n) is 2.59. The van der Waals surface area contributed by atoms with E-state index in [1.54, 1.807) is 12.4 Å². The summed E-state index contributed by atoms with van der Waals surface area (Å²) in [6, 6.07) is 12.1. The van der Waals surface area contributed by atoms with Gasteiger partial charge in [-0.05, 0) is 52.4 Å². The van der Waals surface area contributed by atoms with Crippen LogP contribution in [0.3, 0.4) is 0 Å². The Morgan fingerprint density at radius 2 is 1.95 bits per heavy atom. The zero-order chi connectivity index (χ0) is 13.8. The Labute approximate surface area is 134 Å². The number of pyridine rings is 1. The minimum atomic E-state index is 0.526. The average molecular weight is 395 g/mol. The van der Waals surface area contributed by atoms with Crippen molar-refractivity contribution in [2.75, 3.05) is 0 Å². The minimum absolute atomic E-state index is 0.526. The van der Waals surface area contributed by atoms with Crippen LogP contribution in [0.4, 0.5) is 0 Å². The van der Waals surface area contributed by atoms with Crippen molar-refractivity contribution in [2.45, 2.75) is 11.0 Å². The molecule has 0 aliphatic carbocycles. The summed E-state index contributed by atoms with van der Waals surface area (Å²) in [6.45, 7) is 0. The molecule has 0 bridgehead atoms. The summed E-state index contributed by atoms with van der Waals surface area (Å²) in [4.78, 5) is 3.97. The van der Waals surface area contributed by atoms with Gasteiger partial charge in [0.05, 0.1) is 0 Å². The third kappa shape index (κ3) is 3.37. The van der Waals surface area contributed by atoms with Crippen molar-refractivity contribution < 1.29 is 4.42 Å². The summed E-state index contributed by atoms with van der Waals surface area (Å²) in [6.07, 6.45) is 3.41. The van der Waals surface area contributed by atoms with Crippen molar-refractivity contribution in [1.29, 1.82) is 0 Å². The van der Waals surface area contributed by atoms with Gasteiger partial charge < -0.3 is 4.42 Å². The van der Waals surface area contributed by atoms with Gasteiger partial charge in [0, 0.05) is 27.3 Å². The number of rotatable bonds is 4. The molecule has 2 heterocycles. The van der Waals surface area contributed by atoms with E-state index in [-0.39, 0.29) is 0 Å². The largest absolute Gasteiger partial charge is 0.411 e. The number of halogens is 1. The van der Waals surface area contributed by atoms with Gasteiger partial charge in [0.2, 0.25) is 5.89 Å². The lowest BCUT2D eigenvalue weighted by atomic mass is 10.2. The van der Waals surface area contributed by atoms with Gasteiger partial charge in [-0.3, -0.25) is 4.98 Å².